The van der Waals surface area contributed by atoms with Crippen LogP contribution >= 0.6 is 11.8 Å². The Bertz CT molecular complexity index is 409. The van der Waals surface area contributed by atoms with Crippen molar-refractivity contribution in [2.24, 2.45) is 0 Å². The molecule has 1 amide bonds. The molecule has 0 fully saturated rings. The number of nitrogens with two attached hydrogens (primary N) is 1. The molecule has 0 aromatic carbocycles. The highest BCUT2D eigenvalue weighted by molar-refractivity contribution is 7.99. The number of hydrogen-bond acceptors (Lipinski definition) is 4. The van der Waals surface area contributed by atoms with Gasteiger partial charge in [0.2, 0.25) is 0 Å². The van der Waals surface area contributed by atoms with Crippen LogP contribution in [0.25, 0.3) is 0 Å². The van der Waals surface area contributed by atoms with Gasteiger partial charge in [-0.25, -0.2) is 4.98 Å². The van der Waals surface area contributed by atoms with Crippen LogP contribution < -0.4 is 11.1 Å². The predicted molar refractivity (Wildman–Crippen MR) is 78.0 cm³/mol. The monoisotopic (exact) mass is 267 g/mol. The molecule has 1 heterocycles. The molecule has 0 aliphatic carbocycles. The average Bonchev–Trinajstić information content (AvgIpc) is 2.35. The van der Waals surface area contributed by atoms with Crippen molar-refractivity contribution in [3.63, 3.8) is 0 Å². The van der Waals surface area contributed by atoms with E-state index in [0.717, 1.165) is 23.6 Å². The summed E-state index contributed by atoms with van der Waals surface area (Å²) in [5, 5.41) is 2.97. The molecule has 18 heavy (non-hydrogen) atoms. The number of carbonyl (C=O) groups excluding carboxylic acids is 1. The van der Waals surface area contributed by atoms with Crippen LogP contribution in [0, 0.1) is 0 Å². The third kappa shape index (κ3) is 4.56. The maximum absolute atomic E-state index is 12.0. The quantitative estimate of drug-likeness (QED) is 0.828. The van der Waals surface area contributed by atoms with Gasteiger partial charge in [-0.15, -0.1) is 0 Å². The van der Waals surface area contributed by atoms with Crippen molar-refractivity contribution in [2.45, 2.75) is 33.2 Å². The summed E-state index contributed by atoms with van der Waals surface area (Å²) in [6, 6.07) is 3.57. The van der Waals surface area contributed by atoms with Crippen molar-refractivity contribution in [1.29, 1.82) is 0 Å². The fourth-order valence-corrected chi connectivity index (χ4v) is 2.24. The van der Waals surface area contributed by atoms with Gasteiger partial charge in [0, 0.05) is 23.1 Å². The second-order valence-electron chi connectivity index (χ2n) is 4.16. The molecule has 5 heteroatoms. The largest absolute Gasteiger partial charge is 0.384 e. The molecule has 1 aromatic rings. The molecule has 0 aliphatic rings. The number of aromatic nitrogens is 1. The van der Waals surface area contributed by atoms with Crippen LogP contribution in [0.15, 0.2) is 12.1 Å². The topological polar surface area (TPSA) is 68.0 Å². The highest BCUT2D eigenvalue weighted by Crippen LogP contribution is 2.09. The lowest BCUT2D eigenvalue weighted by atomic mass is 10.1. The number of nitrogens with zero attached hydrogens (tertiary/aromatic N) is 1. The van der Waals surface area contributed by atoms with E-state index >= 15 is 0 Å². The van der Waals surface area contributed by atoms with Gasteiger partial charge in [0.05, 0.1) is 0 Å². The van der Waals surface area contributed by atoms with E-state index in [4.69, 9.17) is 5.73 Å². The lowest BCUT2D eigenvalue weighted by Gasteiger charge is -2.13. The molecule has 0 bridgehead atoms. The zero-order valence-electron chi connectivity index (χ0n) is 11.2. The van der Waals surface area contributed by atoms with Crippen molar-refractivity contribution in [3.05, 3.63) is 23.4 Å². The van der Waals surface area contributed by atoms with Gasteiger partial charge in [0.15, 0.2) is 0 Å². The van der Waals surface area contributed by atoms with Gasteiger partial charge in [-0.05, 0) is 31.2 Å². The molecule has 0 spiro atoms. The first-order valence-corrected chi connectivity index (χ1v) is 7.37. The van der Waals surface area contributed by atoms with Gasteiger partial charge < -0.3 is 11.1 Å². The Morgan fingerprint density at radius 2 is 2.22 bits per heavy atom. The van der Waals surface area contributed by atoms with Gasteiger partial charge in [-0.3, -0.25) is 4.79 Å². The molecule has 0 aliphatic heterocycles. The van der Waals surface area contributed by atoms with Crippen LogP contribution in [0.2, 0.25) is 0 Å². The first-order chi connectivity index (χ1) is 8.56. The number of anilines is 1. The van der Waals surface area contributed by atoms with Crippen molar-refractivity contribution >= 4 is 23.5 Å². The third-order valence-electron chi connectivity index (χ3n) is 2.47. The molecule has 1 atom stereocenters. The van der Waals surface area contributed by atoms with Crippen LogP contribution in [0.5, 0.6) is 0 Å². The minimum Gasteiger partial charge on any atom is -0.384 e. The van der Waals surface area contributed by atoms with Crippen LogP contribution in [0.1, 0.15) is 36.8 Å². The number of rotatable bonds is 6. The fraction of sp³-hybridized carbons (Fsp3) is 0.538. The molecule has 0 radical (unpaired) electrons. The molecule has 1 rings (SSSR count). The molecule has 0 saturated heterocycles. The van der Waals surface area contributed by atoms with Gasteiger partial charge in [-0.2, -0.15) is 11.8 Å². The van der Waals surface area contributed by atoms with Crippen LogP contribution in [-0.2, 0) is 6.42 Å². The SMILES string of the molecule is CCSCC(C)NC(=O)c1cc(N)nc(CC)c1. The first kappa shape index (κ1) is 14.8. The number of pyridine rings is 1. The summed E-state index contributed by atoms with van der Waals surface area (Å²) in [5.74, 6) is 2.30. The second-order valence-corrected chi connectivity index (χ2v) is 5.48. The molecular formula is C13H21N3OS. The van der Waals surface area contributed by atoms with Gasteiger partial charge in [-0.1, -0.05) is 13.8 Å². The summed E-state index contributed by atoms with van der Waals surface area (Å²) in [7, 11) is 0. The Morgan fingerprint density at radius 1 is 1.50 bits per heavy atom. The van der Waals surface area contributed by atoms with Crippen LogP contribution in [-0.4, -0.2) is 28.4 Å². The molecule has 3 N–H and O–H groups in total. The number of nitrogens with one attached hydrogen (secondary N) is 1. The Hall–Kier alpha value is -1.23. The van der Waals surface area contributed by atoms with E-state index < -0.39 is 0 Å². The maximum Gasteiger partial charge on any atom is 0.251 e. The maximum atomic E-state index is 12.0. The summed E-state index contributed by atoms with van der Waals surface area (Å²) in [6.07, 6.45) is 0.770. The van der Waals surface area contributed by atoms with E-state index in [9.17, 15) is 4.79 Å². The minimum absolute atomic E-state index is 0.0806. The third-order valence-corrected chi connectivity index (χ3v) is 3.62. The van der Waals surface area contributed by atoms with Crippen molar-refractivity contribution in [1.82, 2.24) is 10.3 Å². The van der Waals surface area contributed by atoms with Gasteiger partial charge in [0.1, 0.15) is 5.82 Å². The molecule has 0 saturated carbocycles. The Balaban J connectivity index is 2.68. The normalized spacial score (nSPS) is 12.2. The molecule has 100 valence electrons. The summed E-state index contributed by atoms with van der Waals surface area (Å²) < 4.78 is 0. The average molecular weight is 267 g/mol. The lowest BCUT2D eigenvalue weighted by molar-refractivity contribution is 0.0943. The Morgan fingerprint density at radius 3 is 2.83 bits per heavy atom. The van der Waals surface area contributed by atoms with Crippen LogP contribution in [0.4, 0.5) is 5.82 Å². The van der Waals surface area contributed by atoms with E-state index in [-0.39, 0.29) is 11.9 Å². The lowest BCUT2D eigenvalue weighted by Crippen LogP contribution is -2.34. The number of aryl methyl sites for hydroxylation is 1. The van der Waals surface area contributed by atoms with Gasteiger partial charge in [0.25, 0.3) is 5.91 Å². The zero-order chi connectivity index (χ0) is 13.5. The van der Waals surface area contributed by atoms with E-state index in [0.29, 0.717) is 11.4 Å². The molecular weight excluding hydrogens is 246 g/mol. The number of thioether (sulfide) groups is 1. The second kappa shape index (κ2) is 7.26. The van der Waals surface area contributed by atoms with Crippen molar-refractivity contribution in [2.75, 3.05) is 17.2 Å². The Kier molecular flexibility index (Phi) is 5.98. The summed E-state index contributed by atoms with van der Waals surface area (Å²) in [4.78, 5) is 16.2. The van der Waals surface area contributed by atoms with Crippen molar-refractivity contribution in [3.8, 4) is 0 Å². The van der Waals surface area contributed by atoms with Crippen LogP contribution in [0.3, 0.4) is 0 Å². The highest BCUT2D eigenvalue weighted by Gasteiger charge is 2.11. The Labute approximate surface area is 113 Å². The van der Waals surface area contributed by atoms with E-state index in [1.165, 1.54) is 0 Å². The van der Waals surface area contributed by atoms with E-state index in [1.54, 1.807) is 12.1 Å². The fourth-order valence-electron chi connectivity index (χ4n) is 1.57. The first-order valence-electron chi connectivity index (χ1n) is 6.21. The highest BCUT2D eigenvalue weighted by atomic mass is 32.2. The summed E-state index contributed by atoms with van der Waals surface area (Å²) >= 11 is 1.81. The predicted octanol–water partition coefficient (Wildman–Crippen LogP) is 2.10. The standard InChI is InChI=1S/C13H21N3OS/c1-4-11-6-10(7-12(14)16-11)13(17)15-9(3)8-18-5-2/h6-7,9H,4-5,8H2,1-3H3,(H2,14,16)(H,15,17). The minimum atomic E-state index is -0.0806. The molecule has 4 nitrogen and oxygen atoms in total. The van der Waals surface area contributed by atoms with Gasteiger partial charge >= 0.3 is 0 Å². The number of amides is 1. The molecule has 1 unspecified atom stereocenters. The number of nitrogen functional groups attached to an aromatic ring is 1. The van der Waals surface area contributed by atoms with E-state index in [1.807, 2.05) is 25.6 Å². The number of hydrogen-bond donors (Lipinski definition) is 2. The van der Waals surface area contributed by atoms with Crippen molar-refractivity contribution < 1.29 is 4.79 Å². The number of carbonyl (C=O) groups is 1. The summed E-state index contributed by atoms with van der Waals surface area (Å²) in [6.45, 7) is 6.10. The molecule has 1 aromatic heterocycles. The van der Waals surface area contributed by atoms with E-state index in [2.05, 4.69) is 17.2 Å². The zero-order valence-corrected chi connectivity index (χ0v) is 12.0. The smallest absolute Gasteiger partial charge is 0.251 e. The summed E-state index contributed by atoms with van der Waals surface area (Å²) in [5.41, 5.74) is 7.12.